The number of carbonyl (C=O) groups excluding carboxylic acids is 2. The second-order valence-electron chi connectivity index (χ2n) is 6.76. The Hall–Kier alpha value is -2.51. The molecule has 1 N–H and O–H groups in total. The third kappa shape index (κ3) is 2.93. The minimum Gasteiger partial charge on any atom is -0.610 e. The summed E-state index contributed by atoms with van der Waals surface area (Å²) >= 11 is 0. The zero-order valence-electron chi connectivity index (χ0n) is 14.2. The number of nitrogens with one attached hydrogen (secondary N) is 1. The maximum atomic E-state index is 12.4. The van der Waals surface area contributed by atoms with Gasteiger partial charge >= 0.3 is 0 Å². The molecule has 2 aromatic carbocycles. The lowest BCUT2D eigenvalue weighted by atomic mass is 10.1. The summed E-state index contributed by atoms with van der Waals surface area (Å²) in [7, 11) is -1.53. The lowest BCUT2D eigenvalue weighted by Crippen LogP contribution is -2.18. The quantitative estimate of drug-likeness (QED) is 0.838. The van der Waals surface area contributed by atoms with Gasteiger partial charge in [-0.25, -0.2) is 0 Å². The Labute approximate surface area is 152 Å². The first kappa shape index (κ1) is 16.9. The topological polar surface area (TPSA) is 89.5 Å². The van der Waals surface area contributed by atoms with Crippen molar-refractivity contribution in [1.29, 1.82) is 0 Å². The Morgan fingerprint density at radius 2 is 1.88 bits per heavy atom. The molecule has 1 aliphatic heterocycles. The number of rotatable bonds is 4. The molecule has 1 saturated carbocycles. The van der Waals surface area contributed by atoms with Crippen LogP contribution in [0, 0.1) is 0 Å². The first-order valence-corrected chi connectivity index (χ1v) is 9.94. The lowest BCUT2D eigenvalue weighted by Gasteiger charge is -2.14. The molecule has 1 unspecified atom stereocenters. The van der Waals surface area contributed by atoms with Crippen LogP contribution in [0.2, 0.25) is 0 Å². The molecule has 2 aromatic rings. The van der Waals surface area contributed by atoms with Gasteiger partial charge in [0.1, 0.15) is 5.25 Å². The van der Waals surface area contributed by atoms with E-state index in [1.54, 1.807) is 24.1 Å². The second-order valence-corrected chi connectivity index (χ2v) is 8.98. The molecule has 7 heteroatoms. The lowest BCUT2D eigenvalue weighted by molar-refractivity contribution is 0.0816. The van der Waals surface area contributed by atoms with E-state index < -0.39 is 10.2 Å². The molecule has 0 saturated heterocycles. The number of carbonyl (C=O) groups is 2. The molecule has 1 heterocycles. The van der Waals surface area contributed by atoms with Crippen molar-refractivity contribution in [2.45, 2.75) is 29.5 Å². The SMILES string of the molecule is CN1Cc2ccc(NC(=O)c3ccc([S+](=O)([O-])C4CC4)cc3)cc2C1=O. The monoisotopic (exact) mass is 370 g/mol. The van der Waals surface area contributed by atoms with Gasteiger partial charge in [0.2, 0.25) is 0 Å². The van der Waals surface area contributed by atoms with Crippen LogP contribution in [0.1, 0.15) is 39.1 Å². The molecule has 6 nitrogen and oxygen atoms in total. The Morgan fingerprint density at radius 1 is 1.19 bits per heavy atom. The van der Waals surface area contributed by atoms with E-state index in [-0.39, 0.29) is 22.0 Å². The van der Waals surface area contributed by atoms with Gasteiger partial charge < -0.3 is 14.8 Å². The van der Waals surface area contributed by atoms with Gasteiger partial charge in [0.25, 0.3) is 11.8 Å². The number of hydrogen-bond acceptors (Lipinski definition) is 4. The fourth-order valence-electron chi connectivity index (χ4n) is 3.09. The van der Waals surface area contributed by atoms with Crippen molar-refractivity contribution in [3.05, 3.63) is 59.2 Å². The van der Waals surface area contributed by atoms with Crippen LogP contribution in [0.3, 0.4) is 0 Å². The minimum absolute atomic E-state index is 0.0641. The summed E-state index contributed by atoms with van der Waals surface area (Å²) in [5.41, 5.74) is 2.43. The molecule has 1 atom stereocenters. The highest BCUT2D eigenvalue weighted by atomic mass is 32.3. The van der Waals surface area contributed by atoms with Crippen molar-refractivity contribution in [3.63, 3.8) is 0 Å². The molecule has 1 fully saturated rings. The summed E-state index contributed by atoms with van der Waals surface area (Å²) in [6.45, 7) is 0.569. The first-order valence-electron chi connectivity index (χ1n) is 8.40. The van der Waals surface area contributed by atoms with Gasteiger partial charge in [-0.2, -0.15) is 0 Å². The molecule has 0 aromatic heterocycles. The average molecular weight is 370 g/mol. The summed E-state index contributed by atoms with van der Waals surface area (Å²) in [5.74, 6) is -0.412. The highest BCUT2D eigenvalue weighted by molar-refractivity contribution is 7.98. The molecule has 1 aliphatic carbocycles. The average Bonchev–Trinajstić information content (AvgIpc) is 3.44. The summed E-state index contributed by atoms with van der Waals surface area (Å²) in [6, 6.07) is 11.2. The van der Waals surface area contributed by atoms with E-state index in [1.807, 2.05) is 6.07 Å². The van der Waals surface area contributed by atoms with E-state index in [9.17, 15) is 18.4 Å². The van der Waals surface area contributed by atoms with E-state index in [0.29, 0.717) is 36.2 Å². The van der Waals surface area contributed by atoms with Gasteiger partial charge in [0, 0.05) is 30.4 Å². The van der Waals surface area contributed by atoms with Crippen molar-refractivity contribution >= 4 is 27.7 Å². The third-order valence-electron chi connectivity index (χ3n) is 4.76. The molecule has 26 heavy (non-hydrogen) atoms. The highest BCUT2D eigenvalue weighted by Crippen LogP contribution is 2.37. The van der Waals surface area contributed by atoms with E-state index in [1.165, 1.54) is 24.3 Å². The van der Waals surface area contributed by atoms with E-state index in [4.69, 9.17) is 0 Å². The molecule has 2 amide bonds. The zero-order valence-corrected chi connectivity index (χ0v) is 15.0. The summed E-state index contributed by atoms with van der Waals surface area (Å²) in [6.07, 6.45) is 1.41. The van der Waals surface area contributed by atoms with Crippen LogP contribution in [0.25, 0.3) is 0 Å². The fraction of sp³-hybridized carbons (Fsp3) is 0.263. The van der Waals surface area contributed by atoms with Crippen molar-refractivity contribution in [1.82, 2.24) is 4.90 Å². The maximum Gasteiger partial charge on any atom is 0.255 e. The van der Waals surface area contributed by atoms with Gasteiger partial charge in [-0.1, -0.05) is 6.07 Å². The maximum absolute atomic E-state index is 12.4. The van der Waals surface area contributed by atoms with Crippen LogP contribution in [0.15, 0.2) is 47.4 Å². The van der Waals surface area contributed by atoms with Crippen molar-refractivity contribution in [2.75, 3.05) is 12.4 Å². The Morgan fingerprint density at radius 3 is 2.54 bits per heavy atom. The van der Waals surface area contributed by atoms with Crippen LogP contribution >= 0.6 is 0 Å². The van der Waals surface area contributed by atoms with Crippen molar-refractivity contribution in [3.8, 4) is 0 Å². The summed E-state index contributed by atoms with van der Waals surface area (Å²) < 4.78 is 24.4. The number of nitrogens with zero attached hydrogens (tertiary/aromatic N) is 1. The number of fused-ring (bicyclic) bond motifs is 1. The highest BCUT2D eigenvalue weighted by Gasteiger charge is 2.41. The van der Waals surface area contributed by atoms with Gasteiger partial charge in [-0.3, -0.25) is 9.59 Å². The molecule has 0 spiro atoms. The molecule has 0 radical (unpaired) electrons. The third-order valence-corrected chi connectivity index (χ3v) is 7.04. The standard InChI is InChI=1S/C19H18N2O4S/c1-21-11-13-2-5-14(10-17(13)19(21)23)20-18(22)12-3-6-15(7-4-12)26(24,25)16-8-9-16/h2-7,10,16H,8-9,11H2,1H3,(H-,20,22,24,25). The van der Waals surface area contributed by atoms with E-state index in [0.717, 1.165) is 5.56 Å². The van der Waals surface area contributed by atoms with Crippen LogP contribution < -0.4 is 5.32 Å². The van der Waals surface area contributed by atoms with E-state index in [2.05, 4.69) is 5.32 Å². The molecular weight excluding hydrogens is 352 g/mol. The first-order chi connectivity index (χ1) is 12.4. The van der Waals surface area contributed by atoms with Crippen LogP contribution in [-0.2, 0) is 21.0 Å². The van der Waals surface area contributed by atoms with Gasteiger partial charge in [-0.15, -0.1) is 4.21 Å². The number of hydrogen-bond donors (Lipinski definition) is 1. The molecular formula is C19H18N2O4S. The van der Waals surface area contributed by atoms with Gasteiger partial charge in [-0.05, 0) is 54.8 Å². The summed E-state index contributed by atoms with van der Waals surface area (Å²) in [4.78, 5) is 26.3. The van der Waals surface area contributed by atoms with E-state index >= 15 is 0 Å². The number of amides is 2. The van der Waals surface area contributed by atoms with Gasteiger partial charge in [0.15, 0.2) is 4.90 Å². The second kappa shape index (κ2) is 6.03. The zero-order chi connectivity index (χ0) is 18.5. The smallest absolute Gasteiger partial charge is 0.255 e. The number of sulfone groups is 1. The predicted molar refractivity (Wildman–Crippen MR) is 96.8 cm³/mol. The number of anilines is 1. The molecule has 134 valence electrons. The fourth-order valence-corrected chi connectivity index (χ4v) is 4.75. The van der Waals surface area contributed by atoms with Gasteiger partial charge in [0.05, 0.1) is 10.2 Å². The van der Waals surface area contributed by atoms with Crippen molar-refractivity contribution < 1.29 is 18.4 Å². The largest absolute Gasteiger partial charge is 0.610 e. The van der Waals surface area contributed by atoms with Crippen LogP contribution in [-0.4, -0.2) is 33.6 Å². The Balaban J connectivity index is 1.50. The summed E-state index contributed by atoms with van der Waals surface area (Å²) in [5, 5.41) is 2.48. The molecule has 2 aliphatic rings. The van der Waals surface area contributed by atoms with Crippen LogP contribution in [0.5, 0.6) is 0 Å². The Bertz CT molecular complexity index is 951. The minimum atomic E-state index is -3.26. The molecule has 0 bridgehead atoms. The van der Waals surface area contributed by atoms with Crippen LogP contribution in [0.4, 0.5) is 5.69 Å². The number of benzene rings is 2. The predicted octanol–water partition coefficient (Wildman–Crippen LogP) is 2.68. The Kier molecular flexibility index (Phi) is 3.93. The molecule has 4 rings (SSSR count). The van der Waals surface area contributed by atoms with Crippen molar-refractivity contribution in [2.24, 2.45) is 0 Å². The normalized spacial score (nSPS) is 18.4.